The van der Waals surface area contributed by atoms with Crippen molar-refractivity contribution in [1.29, 1.82) is 0 Å². The molecule has 0 amide bonds. The van der Waals surface area contributed by atoms with Gasteiger partial charge in [0, 0.05) is 10.9 Å². The number of anilines is 1. The lowest BCUT2D eigenvalue weighted by atomic mass is 10.3. The van der Waals surface area contributed by atoms with Gasteiger partial charge in [0.05, 0.1) is 6.54 Å². The molecule has 16 heavy (non-hydrogen) atoms. The lowest BCUT2D eigenvalue weighted by molar-refractivity contribution is 1.03. The van der Waals surface area contributed by atoms with Crippen LogP contribution in [0.1, 0.15) is 16.3 Å². The third kappa shape index (κ3) is 2.71. The summed E-state index contributed by atoms with van der Waals surface area (Å²) in [6, 6.07) is 3.84. The summed E-state index contributed by atoms with van der Waals surface area (Å²) in [5, 5.41) is 5.80. The first-order chi connectivity index (χ1) is 7.65. The van der Waals surface area contributed by atoms with Crippen molar-refractivity contribution in [2.45, 2.75) is 20.4 Å². The van der Waals surface area contributed by atoms with E-state index in [9.17, 15) is 0 Å². The molecule has 5 heteroatoms. The van der Waals surface area contributed by atoms with Gasteiger partial charge in [0.1, 0.15) is 16.8 Å². The predicted molar refractivity (Wildman–Crippen MR) is 68.2 cm³/mol. The number of hydrogen-bond donors (Lipinski definition) is 1. The van der Waals surface area contributed by atoms with Gasteiger partial charge in [-0.1, -0.05) is 11.6 Å². The molecule has 2 heterocycles. The Bertz CT molecular complexity index is 475. The molecule has 0 aliphatic carbocycles. The summed E-state index contributed by atoms with van der Waals surface area (Å²) < 4.78 is 0. The van der Waals surface area contributed by atoms with Crippen LogP contribution in [0.5, 0.6) is 0 Å². The number of aryl methyl sites for hydroxylation is 2. The van der Waals surface area contributed by atoms with Crippen molar-refractivity contribution in [3.63, 3.8) is 0 Å². The van der Waals surface area contributed by atoms with Crippen LogP contribution in [0.3, 0.4) is 0 Å². The van der Waals surface area contributed by atoms with Crippen molar-refractivity contribution in [3.05, 3.63) is 38.9 Å². The zero-order valence-corrected chi connectivity index (χ0v) is 10.7. The van der Waals surface area contributed by atoms with E-state index in [1.54, 1.807) is 17.4 Å². The van der Waals surface area contributed by atoms with Crippen LogP contribution in [-0.2, 0) is 6.54 Å². The number of hydrogen-bond acceptors (Lipinski definition) is 4. The Labute approximate surface area is 104 Å². The van der Waals surface area contributed by atoms with Gasteiger partial charge >= 0.3 is 0 Å². The lowest BCUT2D eigenvalue weighted by Gasteiger charge is -2.05. The molecule has 84 valence electrons. The highest BCUT2D eigenvalue weighted by Crippen LogP contribution is 2.18. The summed E-state index contributed by atoms with van der Waals surface area (Å²) in [4.78, 5) is 9.59. The maximum atomic E-state index is 5.85. The fraction of sp³-hybridized carbons (Fsp3) is 0.273. The maximum Gasteiger partial charge on any atom is 0.134 e. The van der Waals surface area contributed by atoms with Crippen LogP contribution >= 0.6 is 22.9 Å². The first-order valence-electron chi connectivity index (χ1n) is 4.93. The molecule has 0 saturated heterocycles. The number of nitrogens with one attached hydrogen (secondary N) is 1. The second kappa shape index (κ2) is 4.80. The third-order valence-electron chi connectivity index (χ3n) is 2.20. The first-order valence-corrected chi connectivity index (χ1v) is 6.19. The van der Waals surface area contributed by atoms with E-state index in [2.05, 4.69) is 33.7 Å². The van der Waals surface area contributed by atoms with E-state index >= 15 is 0 Å². The van der Waals surface area contributed by atoms with Crippen molar-refractivity contribution in [3.8, 4) is 0 Å². The standard InChI is InChI=1S/C11H12ClN3S/c1-7-3-4-16-9(7)6-13-11-5-10(12)14-8(2)15-11/h3-5H,6H2,1-2H3,(H,13,14,15). The Morgan fingerprint density at radius 1 is 1.38 bits per heavy atom. The molecule has 3 nitrogen and oxygen atoms in total. The van der Waals surface area contributed by atoms with E-state index in [0.717, 1.165) is 12.4 Å². The second-order valence-electron chi connectivity index (χ2n) is 3.50. The summed E-state index contributed by atoms with van der Waals surface area (Å²) in [5.41, 5.74) is 1.30. The Balaban J connectivity index is 2.07. The molecule has 0 unspecified atom stereocenters. The van der Waals surface area contributed by atoms with Gasteiger partial charge < -0.3 is 5.32 Å². The van der Waals surface area contributed by atoms with Crippen molar-refractivity contribution < 1.29 is 0 Å². The number of thiophene rings is 1. The van der Waals surface area contributed by atoms with Crippen molar-refractivity contribution in [2.24, 2.45) is 0 Å². The average Bonchev–Trinajstić information content (AvgIpc) is 2.59. The monoisotopic (exact) mass is 253 g/mol. The molecule has 0 fully saturated rings. The summed E-state index contributed by atoms with van der Waals surface area (Å²) >= 11 is 7.59. The van der Waals surface area contributed by atoms with Gasteiger partial charge in [-0.05, 0) is 30.9 Å². The zero-order chi connectivity index (χ0) is 11.5. The summed E-state index contributed by atoms with van der Waals surface area (Å²) in [5.74, 6) is 1.45. The quantitative estimate of drug-likeness (QED) is 0.852. The highest BCUT2D eigenvalue weighted by atomic mass is 35.5. The van der Waals surface area contributed by atoms with Crippen molar-refractivity contribution in [1.82, 2.24) is 9.97 Å². The highest BCUT2D eigenvalue weighted by molar-refractivity contribution is 7.10. The van der Waals surface area contributed by atoms with Gasteiger partial charge in [-0.15, -0.1) is 11.3 Å². The van der Waals surface area contributed by atoms with Crippen molar-refractivity contribution in [2.75, 3.05) is 5.32 Å². The Hall–Kier alpha value is -1.13. The molecule has 2 aromatic heterocycles. The normalized spacial score (nSPS) is 10.4. The Morgan fingerprint density at radius 3 is 2.81 bits per heavy atom. The zero-order valence-electron chi connectivity index (χ0n) is 9.12. The molecule has 0 aromatic carbocycles. The molecule has 2 rings (SSSR count). The SMILES string of the molecule is Cc1nc(Cl)cc(NCc2sccc2C)n1. The highest BCUT2D eigenvalue weighted by Gasteiger charge is 2.02. The number of halogens is 1. The maximum absolute atomic E-state index is 5.85. The van der Waals surface area contributed by atoms with E-state index in [0.29, 0.717) is 11.0 Å². The Kier molecular flexibility index (Phi) is 3.41. The smallest absolute Gasteiger partial charge is 0.134 e. The molecule has 0 saturated carbocycles. The Morgan fingerprint density at radius 2 is 2.19 bits per heavy atom. The van der Waals surface area contributed by atoms with E-state index in [1.807, 2.05) is 6.92 Å². The minimum absolute atomic E-state index is 0.470. The van der Waals surface area contributed by atoms with Crippen LogP contribution in [0.25, 0.3) is 0 Å². The molecule has 0 atom stereocenters. The van der Waals surface area contributed by atoms with Gasteiger partial charge in [0.25, 0.3) is 0 Å². The minimum atomic E-state index is 0.470. The van der Waals surface area contributed by atoms with E-state index in [-0.39, 0.29) is 0 Å². The number of rotatable bonds is 3. The van der Waals surface area contributed by atoms with E-state index in [4.69, 9.17) is 11.6 Å². The first kappa shape index (κ1) is 11.4. The second-order valence-corrected chi connectivity index (χ2v) is 4.89. The fourth-order valence-corrected chi connectivity index (χ4v) is 2.45. The topological polar surface area (TPSA) is 37.8 Å². The molecule has 1 N–H and O–H groups in total. The van der Waals surface area contributed by atoms with Crippen LogP contribution in [-0.4, -0.2) is 9.97 Å². The molecule has 2 aromatic rings. The molecule has 0 radical (unpaired) electrons. The van der Waals surface area contributed by atoms with Crippen LogP contribution < -0.4 is 5.32 Å². The number of nitrogens with zero attached hydrogens (tertiary/aromatic N) is 2. The molecular formula is C11H12ClN3S. The third-order valence-corrected chi connectivity index (χ3v) is 3.42. The van der Waals surface area contributed by atoms with Gasteiger partial charge in [-0.25, -0.2) is 9.97 Å². The van der Waals surface area contributed by atoms with Gasteiger partial charge in [-0.3, -0.25) is 0 Å². The van der Waals surface area contributed by atoms with Crippen LogP contribution in [0.4, 0.5) is 5.82 Å². The van der Waals surface area contributed by atoms with E-state index < -0.39 is 0 Å². The van der Waals surface area contributed by atoms with Crippen LogP contribution in [0.15, 0.2) is 17.5 Å². The lowest BCUT2D eigenvalue weighted by Crippen LogP contribution is -2.02. The van der Waals surface area contributed by atoms with Crippen LogP contribution in [0, 0.1) is 13.8 Å². The molecule has 0 spiro atoms. The van der Waals surface area contributed by atoms with Gasteiger partial charge in [0.15, 0.2) is 0 Å². The fourth-order valence-electron chi connectivity index (χ4n) is 1.38. The molecule has 0 aliphatic heterocycles. The number of aromatic nitrogens is 2. The van der Waals surface area contributed by atoms with Crippen LogP contribution in [0.2, 0.25) is 5.15 Å². The van der Waals surface area contributed by atoms with Gasteiger partial charge in [-0.2, -0.15) is 0 Å². The van der Waals surface area contributed by atoms with E-state index in [1.165, 1.54) is 10.4 Å². The van der Waals surface area contributed by atoms with Gasteiger partial charge in [0.2, 0.25) is 0 Å². The predicted octanol–water partition coefficient (Wildman–Crippen LogP) is 3.42. The average molecular weight is 254 g/mol. The minimum Gasteiger partial charge on any atom is -0.365 e. The summed E-state index contributed by atoms with van der Waals surface area (Å²) in [7, 11) is 0. The molecule has 0 bridgehead atoms. The largest absolute Gasteiger partial charge is 0.365 e. The summed E-state index contributed by atoms with van der Waals surface area (Å²) in [6.45, 7) is 4.70. The molecule has 0 aliphatic rings. The molecular weight excluding hydrogens is 242 g/mol. The van der Waals surface area contributed by atoms with Crippen molar-refractivity contribution >= 4 is 28.8 Å². The summed E-state index contributed by atoms with van der Waals surface area (Å²) in [6.07, 6.45) is 0.